The molecule has 0 amide bonds. The van der Waals surface area contributed by atoms with Gasteiger partial charge in [0.2, 0.25) is 0 Å². The summed E-state index contributed by atoms with van der Waals surface area (Å²) in [5.74, 6) is 0.886. The van der Waals surface area contributed by atoms with Crippen molar-refractivity contribution in [3.8, 4) is 0 Å². The van der Waals surface area contributed by atoms with Gasteiger partial charge in [-0.05, 0) is 31.7 Å². The number of likely N-dealkylation sites (tertiary alicyclic amines) is 1. The van der Waals surface area contributed by atoms with Crippen molar-refractivity contribution in [2.24, 2.45) is 5.92 Å². The van der Waals surface area contributed by atoms with Crippen molar-refractivity contribution >= 4 is 0 Å². The zero-order chi connectivity index (χ0) is 10.7. The summed E-state index contributed by atoms with van der Waals surface area (Å²) < 4.78 is 0. The maximum Gasteiger partial charge on any atom is 0.0774 e. The van der Waals surface area contributed by atoms with E-state index < -0.39 is 0 Å². The van der Waals surface area contributed by atoms with Crippen molar-refractivity contribution in [2.45, 2.75) is 57.5 Å². The topological polar surface area (TPSA) is 23.5 Å². The molecule has 1 saturated heterocycles. The molecule has 2 heteroatoms. The molecule has 2 rings (SSSR count). The average molecular weight is 211 g/mol. The summed E-state index contributed by atoms with van der Waals surface area (Å²) >= 11 is 0. The molecule has 0 bridgehead atoms. The quantitative estimate of drug-likeness (QED) is 0.775. The maximum absolute atomic E-state index is 10.4. The van der Waals surface area contributed by atoms with Crippen LogP contribution in [0.25, 0.3) is 0 Å². The number of β-amino-alcohol motifs (C(OH)–C–C–N with tert-alkyl or cyclic N) is 1. The Morgan fingerprint density at radius 1 is 1.27 bits per heavy atom. The van der Waals surface area contributed by atoms with E-state index in [1.165, 1.54) is 45.2 Å². The molecular formula is C13H25NO. The largest absolute Gasteiger partial charge is 0.389 e. The minimum absolute atomic E-state index is 0.346. The van der Waals surface area contributed by atoms with E-state index in [0.29, 0.717) is 0 Å². The molecule has 0 aromatic carbocycles. The molecule has 2 aliphatic rings. The molecule has 15 heavy (non-hydrogen) atoms. The van der Waals surface area contributed by atoms with Crippen LogP contribution in [-0.4, -0.2) is 35.2 Å². The highest BCUT2D eigenvalue weighted by Crippen LogP contribution is 2.30. The standard InChI is InChI=1S/C13H25NO/c1-2-12-6-9-14(10-12)11-13(15)7-4-3-5-8-13/h12,15H,2-11H2,1H3. The molecule has 1 N–H and O–H groups in total. The van der Waals surface area contributed by atoms with Crippen LogP contribution in [0.5, 0.6) is 0 Å². The van der Waals surface area contributed by atoms with E-state index in [2.05, 4.69) is 11.8 Å². The van der Waals surface area contributed by atoms with Crippen molar-refractivity contribution in [3.63, 3.8) is 0 Å². The molecule has 2 nitrogen and oxygen atoms in total. The first kappa shape index (κ1) is 11.4. The molecule has 0 aromatic heterocycles. The van der Waals surface area contributed by atoms with Crippen LogP contribution in [0.15, 0.2) is 0 Å². The fraction of sp³-hybridized carbons (Fsp3) is 1.00. The van der Waals surface area contributed by atoms with Crippen LogP contribution in [0.4, 0.5) is 0 Å². The number of hydrogen-bond donors (Lipinski definition) is 1. The van der Waals surface area contributed by atoms with E-state index in [-0.39, 0.29) is 5.60 Å². The highest BCUT2D eigenvalue weighted by molar-refractivity contribution is 4.88. The van der Waals surface area contributed by atoms with Crippen molar-refractivity contribution in [1.82, 2.24) is 4.90 Å². The summed E-state index contributed by atoms with van der Waals surface area (Å²) in [6.45, 7) is 5.65. The van der Waals surface area contributed by atoms with Gasteiger partial charge in [0.15, 0.2) is 0 Å². The Kier molecular flexibility index (Phi) is 3.68. The van der Waals surface area contributed by atoms with Gasteiger partial charge in [0.1, 0.15) is 0 Å². The van der Waals surface area contributed by atoms with Crippen molar-refractivity contribution in [1.29, 1.82) is 0 Å². The van der Waals surface area contributed by atoms with E-state index in [4.69, 9.17) is 0 Å². The van der Waals surface area contributed by atoms with Crippen LogP contribution in [0, 0.1) is 5.92 Å². The molecule has 0 spiro atoms. The third-order valence-corrected chi connectivity index (χ3v) is 4.25. The lowest BCUT2D eigenvalue weighted by molar-refractivity contribution is -0.0221. The van der Waals surface area contributed by atoms with E-state index in [1.54, 1.807) is 0 Å². The van der Waals surface area contributed by atoms with Crippen molar-refractivity contribution < 1.29 is 5.11 Å². The molecule has 1 heterocycles. The number of hydrogen-bond acceptors (Lipinski definition) is 2. The smallest absolute Gasteiger partial charge is 0.0774 e. The van der Waals surface area contributed by atoms with E-state index >= 15 is 0 Å². The first-order chi connectivity index (χ1) is 7.22. The molecule has 88 valence electrons. The van der Waals surface area contributed by atoms with Gasteiger partial charge < -0.3 is 10.0 Å². The molecular weight excluding hydrogens is 186 g/mol. The highest BCUT2D eigenvalue weighted by atomic mass is 16.3. The Labute approximate surface area is 93.7 Å². The van der Waals surface area contributed by atoms with Gasteiger partial charge >= 0.3 is 0 Å². The van der Waals surface area contributed by atoms with Crippen LogP contribution >= 0.6 is 0 Å². The van der Waals surface area contributed by atoms with Crippen LogP contribution in [-0.2, 0) is 0 Å². The number of aliphatic hydroxyl groups is 1. The Hall–Kier alpha value is -0.0800. The third-order valence-electron chi connectivity index (χ3n) is 4.25. The van der Waals surface area contributed by atoms with Crippen molar-refractivity contribution in [3.05, 3.63) is 0 Å². The highest BCUT2D eigenvalue weighted by Gasteiger charge is 2.33. The third kappa shape index (κ3) is 2.94. The van der Waals surface area contributed by atoms with Crippen LogP contribution in [0.1, 0.15) is 51.9 Å². The summed E-state index contributed by atoms with van der Waals surface area (Å²) in [5, 5.41) is 10.4. The molecule has 1 aliphatic heterocycles. The summed E-state index contributed by atoms with van der Waals surface area (Å²) in [7, 11) is 0. The van der Waals surface area contributed by atoms with Gasteiger partial charge in [0.25, 0.3) is 0 Å². The minimum Gasteiger partial charge on any atom is -0.389 e. The Morgan fingerprint density at radius 3 is 2.60 bits per heavy atom. The monoisotopic (exact) mass is 211 g/mol. The van der Waals surface area contributed by atoms with Gasteiger partial charge in [-0.3, -0.25) is 0 Å². The van der Waals surface area contributed by atoms with Crippen LogP contribution in [0.2, 0.25) is 0 Å². The molecule has 0 aromatic rings. The van der Waals surface area contributed by atoms with Gasteiger partial charge in [-0.2, -0.15) is 0 Å². The Bertz CT molecular complexity index is 199. The first-order valence-electron chi connectivity index (χ1n) is 6.66. The lowest BCUT2D eigenvalue weighted by Gasteiger charge is -2.35. The SMILES string of the molecule is CCC1CCN(CC2(O)CCCCC2)C1. The summed E-state index contributed by atoms with van der Waals surface area (Å²) in [6.07, 6.45) is 8.46. The zero-order valence-corrected chi connectivity index (χ0v) is 10.0. The van der Waals surface area contributed by atoms with E-state index in [1.807, 2.05) is 0 Å². The second kappa shape index (κ2) is 4.84. The first-order valence-corrected chi connectivity index (χ1v) is 6.66. The summed E-state index contributed by atoms with van der Waals surface area (Å²) in [5.41, 5.74) is -0.346. The average Bonchev–Trinajstić information content (AvgIpc) is 2.66. The molecule has 1 unspecified atom stereocenters. The van der Waals surface area contributed by atoms with Crippen LogP contribution < -0.4 is 0 Å². The molecule has 1 atom stereocenters. The molecule has 1 saturated carbocycles. The fourth-order valence-corrected chi connectivity index (χ4v) is 3.17. The lowest BCUT2D eigenvalue weighted by Crippen LogP contribution is -2.43. The van der Waals surface area contributed by atoms with E-state index in [9.17, 15) is 5.11 Å². The predicted molar refractivity (Wildman–Crippen MR) is 62.9 cm³/mol. The van der Waals surface area contributed by atoms with Gasteiger partial charge in [-0.15, -0.1) is 0 Å². The second-order valence-electron chi connectivity index (χ2n) is 5.58. The maximum atomic E-state index is 10.4. The number of nitrogens with zero attached hydrogens (tertiary/aromatic N) is 1. The predicted octanol–water partition coefficient (Wildman–Crippen LogP) is 2.41. The number of rotatable bonds is 3. The molecule has 2 fully saturated rings. The van der Waals surface area contributed by atoms with Gasteiger partial charge in [-0.1, -0.05) is 32.6 Å². The summed E-state index contributed by atoms with van der Waals surface area (Å²) in [6, 6.07) is 0. The summed E-state index contributed by atoms with van der Waals surface area (Å²) in [4.78, 5) is 2.49. The van der Waals surface area contributed by atoms with Crippen LogP contribution in [0.3, 0.4) is 0 Å². The normalized spacial score (nSPS) is 32.0. The van der Waals surface area contributed by atoms with Crippen molar-refractivity contribution in [2.75, 3.05) is 19.6 Å². The fourth-order valence-electron chi connectivity index (χ4n) is 3.17. The Morgan fingerprint density at radius 2 is 2.00 bits per heavy atom. The van der Waals surface area contributed by atoms with Gasteiger partial charge in [0.05, 0.1) is 5.60 Å². The Balaban J connectivity index is 1.80. The lowest BCUT2D eigenvalue weighted by atomic mass is 9.84. The second-order valence-corrected chi connectivity index (χ2v) is 5.58. The van der Waals surface area contributed by atoms with E-state index in [0.717, 1.165) is 25.3 Å². The zero-order valence-electron chi connectivity index (χ0n) is 10.0. The van der Waals surface area contributed by atoms with Gasteiger partial charge in [0, 0.05) is 13.1 Å². The minimum atomic E-state index is -0.346. The van der Waals surface area contributed by atoms with Gasteiger partial charge in [-0.25, -0.2) is 0 Å². The molecule has 0 radical (unpaired) electrons. The molecule has 1 aliphatic carbocycles.